The third-order valence-electron chi connectivity index (χ3n) is 2.85. The highest BCUT2D eigenvalue weighted by Gasteiger charge is 2.28. The summed E-state index contributed by atoms with van der Waals surface area (Å²) in [6, 6.07) is 6.34. The van der Waals surface area contributed by atoms with Gasteiger partial charge in [0.05, 0.1) is 6.04 Å². The summed E-state index contributed by atoms with van der Waals surface area (Å²) in [5, 5.41) is 5.96. The first-order valence-corrected chi connectivity index (χ1v) is 5.91. The van der Waals surface area contributed by atoms with E-state index < -0.39 is 6.04 Å². The van der Waals surface area contributed by atoms with Gasteiger partial charge in [-0.25, -0.2) is 4.79 Å². The van der Waals surface area contributed by atoms with E-state index >= 15 is 0 Å². The van der Waals surface area contributed by atoms with Gasteiger partial charge in [0.2, 0.25) is 0 Å². The van der Waals surface area contributed by atoms with Crippen LogP contribution in [0, 0.1) is 0 Å². The van der Waals surface area contributed by atoms with Crippen LogP contribution in [0.1, 0.15) is 25.5 Å². The molecule has 0 bridgehead atoms. The highest BCUT2D eigenvalue weighted by atomic mass is 35.5. The monoisotopic (exact) mass is 264 g/mol. The van der Waals surface area contributed by atoms with Crippen molar-refractivity contribution in [2.45, 2.75) is 19.9 Å². The number of allylic oxidation sites excluding steroid dienone is 1. The maximum absolute atomic E-state index is 11.7. The molecule has 0 fully saturated rings. The number of nitrogens with one attached hydrogen (secondary N) is 2. The highest BCUT2D eigenvalue weighted by molar-refractivity contribution is 6.30. The molecule has 2 N–H and O–H groups in total. The molecule has 1 aromatic carbocycles. The van der Waals surface area contributed by atoms with Gasteiger partial charge >= 0.3 is 6.03 Å². The van der Waals surface area contributed by atoms with E-state index in [0.29, 0.717) is 16.3 Å². The SMILES string of the molecule is CC(=O)C1=C(C)NC(=O)N[C@@H]1c1ccc(Cl)cc1. The third-order valence-corrected chi connectivity index (χ3v) is 3.10. The lowest BCUT2D eigenvalue weighted by Crippen LogP contribution is -2.44. The van der Waals surface area contributed by atoms with Crippen molar-refractivity contribution < 1.29 is 9.59 Å². The predicted octanol–water partition coefficient (Wildman–Crippen LogP) is 2.56. The zero-order valence-electron chi connectivity index (χ0n) is 10.1. The normalized spacial score (nSPS) is 19.3. The number of hydrogen-bond donors (Lipinski definition) is 2. The molecule has 1 atom stereocenters. The maximum atomic E-state index is 11.7. The average molecular weight is 265 g/mol. The summed E-state index contributed by atoms with van der Waals surface area (Å²) in [6.07, 6.45) is 0. The predicted molar refractivity (Wildman–Crippen MR) is 69.2 cm³/mol. The van der Waals surface area contributed by atoms with E-state index in [1.807, 2.05) is 0 Å². The topological polar surface area (TPSA) is 58.2 Å². The van der Waals surface area contributed by atoms with E-state index in [1.54, 1.807) is 31.2 Å². The van der Waals surface area contributed by atoms with Crippen molar-refractivity contribution >= 4 is 23.4 Å². The van der Waals surface area contributed by atoms with Crippen molar-refractivity contribution in [3.8, 4) is 0 Å². The van der Waals surface area contributed by atoms with Crippen LogP contribution in [0.5, 0.6) is 0 Å². The first-order valence-electron chi connectivity index (χ1n) is 5.53. The van der Waals surface area contributed by atoms with Crippen LogP contribution in [0.2, 0.25) is 5.02 Å². The lowest BCUT2D eigenvalue weighted by molar-refractivity contribution is -0.114. The molecule has 0 radical (unpaired) electrons. The van der Waals surface area contributed by atoms with Crippen molar-refractivity contribution in [3.63, 3.8) is 0 Å². The summed E-state index contributed by atoms with van der Waals surface area (Å²) in [5.74, 6) is -0.0695. The summed E-state index contributed by atoms with van der Waals surface area (Å²) in [4.78, 5) is 23.2. The van der Waals surface area contributed by atoms with E-state index in [-0.39, 0.29) is 11.8 Å². The summed E-state index contributed by atoms with van der Waals surface area (Å²) >= 11 is 5.83. The molecule has 0 saturated carbocycles. The Labute approximate surface area is 110 Å². The number of Topliss-reactive ketones (excluding diaryl/α,β-unsaturated/α-hetero) is 1. The van der Waals surface area contributed by atoms with Gasteiger partial charge in [-0.2, -0.15) is 0 Å². The number of rotatable bonds is 2. The van der Waals surface area contributed by atoms with Crippen molar-refractivity contribution in [3.05, 3.63) is 46.1 Å². The number of carbonyl (C=O) groups excluding carboxylic acids is 2. The summed E-state index contributed by atoms with van der Waals surface area (Å²) < 4.78 is 0. The Morgan fingerprint density at radius 2 is 1.89 bits per heavy atom. The fourth-order valence-corrected chi connectivity index (χ4v) is 2.19. The van der Waals surface area contributed by atoms with Gasteiger partial charge in [-0.05, 0) is 31.5 Å². The number of hydrogen-bond acceptors (Lipinski definition) is 2. The van der Waals surface area contributed by atoms with E-state index in [1.165, 1.54) is 6.92 Å². The minimum atomic E-state index is -0.423. The number of amides is 2. The quantitative estimate of drug-likeness (QED) is 0.862. The molecule has 1 heterocycles. The second-order valence-electron chi connectivity index (χ2n) is 4.18. The van der Waals surface area contributed by atoms with E-state index in [0.717, 1.165) is 5.56 Å². The van der Waals surface area contributed by atoms with Crippen LogP contribution in [0.25, 0.3) is 0 Å². The Morgan fingerprint density at radius 3 is 2.44 bits per heavy atom. The van der Waals surface area contributed by atoms with Crippen LogP contribution in [0.3, 0.4) is 0 Å². The summed E-state index contributed by atoms with van der Waals surface area (Å²) in [5.41, 5.74) is 1.99. The first kappa shape index (κ1) is 12.6. The van der Waals surface area contributed by atoms with E-state index in [9.17, 15) is 9.59 Å². The van der Waals surface area contributed by atoms with Crippen LogP contribution < -0.4 is 10.6 Å². The Morgan fingerprint density at radius 1 is 1.28 bits per heavy atom. The van der Waals surface area contributed by atoms with Crippen molar-refractivity contribution in [2.75, 3.05) is 0 Å². The van der Waals surface area contributed by atoms with Gasteiger partial charge in [-0.1, -0.05) is 23.7 Å². The minimum absolute atomic E-state index is 0.0695. The van der Waals surface area contributed by atoms with Crippen LogP contribution >= 0.6 is 11.6 Å². The van der Waals surface area contributed by atoms with E-state index in [2.05, 4.69) is 10.6 Å². The van der Waals surface area contributed by atoms with Crippen molar-refractivity contribution in [2.24, 2.45) is 0 Å². The number of urea groups is 1. The molecule has 1 aromatic rings. The second kappa shape index (κ2) is 4.82. The number of halogens is 1. The van der Waals surface area contributed by atoms with Gasteiger partial charge in [0.25, 0.3) is 0 Å². The first-order chi connectivity index (χ1) is 8.49. The lowest BCUT2D eigenvalue weighted by Gasteiger charge is -2.28. The summed E-state index contributed by atoms with van der Waals surface area (Å²) in [6.45, 7) is 3.21. The molecule has 1 aliphatic heterocycles. The fraction of sp³-hybridized carbons (Fsp3) is 0.231. The fourth-order valence-electron chi connectivity index (χ4n) is 2.07. The van der Waals surface area contributed by atoms with Crippen LogP contribution in [0.15, 0.2) is 35.5 Å². The molecule has 5 heteroatoms. The Hall–Kier alpha value is -1.81. The average Bonchev–Trinajstić information content (AvgIpc) is 2.28. The van der Waals surface area contributed by atoms with Crippen molar-refractivity contribution in [1.82, 2.24) is 10.6 Å². The third kappa shape index (κ3) is 2.38. The molecule has 0 aromatic heterocycles. The van der Waals surface area contributed by atoms with Crippen LogP contribution in [-0.2, 0) is 4.79 Å². The van der Waals surface area contributed by atoms with E-state index in [4.69, 9.17) is 11.6 Å². The minimum Gasteiger partial charge on any atom is -0.327 e. The van der Waals surface area contributed by atoms with Crippen LogP contribution in [-0.4, -0.2) is 11.8 Å². The zero-order valence-corrected chi connectivity index (χ0v) is 10.8. The molecule has 4 nitrogen and oxygen atoms in total. The molecule has 2 rings (SSSR count). The molecule has 0 spiro atoms. The Balaban J connectivity index is 2.46. The van der Waals surface area contributed by atoms with Gasteiger partial charge in [-0.15, -0.1) is 0 Å². The van der Waals surface area contributed by atoms with Gasteiger partial charge in [0.1, 0.15) is 0 Å². The second-order valence-corrected chi connectivity index (χ2v) is 4.61. The molecular formula is C13H13ClN2O2. The number of carbonyl (C=O) groups is 2. The Bertz CT molecular complexity index is 534. The van der Waals surface area contributed by atoms with Gasteiger partial charge in [-0.3, -0.25) is 4.79 Å². The zero-order chi connectivity index (χ0) is 13.3. The van der Waals surface area contributed by atoms with Gasteiger partial charge in [0.15, 0.2) is 5.78 Å². The van der Waals surface area contributed by atoms with Gasteiger partial charge < -0.3 is 10.6 Å². The molecule has 2 amide bonds. The summed E-state index contributed by atoms with van der Waals surface area (Å²) in [7, 11) is 0. The smallest absolute Gasteiger partial charge is 0.319 e. The molecule has 0 aliphatic carbocycles. The molecular weight excluding hydrogens is 252 g/mol. The molecule has 1 aliphatic rings. The lowest BCUT2D eigenvalue weighted by atomic mass is 9.93. The number of ketones is 1. The molecule has 94 valence electrons. The standard InChI is InChI=1S/C13H13ClN2O2/c1-7-11(8(2)17)12(16-13(18)15-7)9-3-5-10(14)6-4-9/h3-6,12H,1-2H3,(H2,15,16,18)/t12-/m1/s1. The van der Waals surface area contributed by atoms with Gasteiger partial charge in [0, 0.05) is 16.3 Å². The molecule has 0 saturated heterocycles. The largest absolute Gasteiger partial charge is 0.327 e. The number of benzene rings is 1. The Kier molecular flexibility index (Phi) is 3.39. The highest BCUT2D eigenvalue weighted by Crippen LogP contribution is 2.27. The van der Waals surface area contributed by atoms with Crippen molar-refractivity contribution in [1.29, 1.82) is 0 Å². The van der Waals surface area contributed by atoms with Crippen LogP contribution in [0.4, 0.5) is 4.79 Å². The molecule has 18 heavy (non-hydrogen) atoms. The maximum Gasteiger partial charge on any atom is 0.319 e. The molecule has 0 unspecified atom stereocenters.